The normalized spacial score (nSPS) is 26.3. The Morgan fingerprint density at radius 2 is 2.09 bits per heavy atom. The van der Waals surface area contributed by atoms with Gasteiger partial charge in [0.15, 0.2) is 5.96 Å². The largest absolute Gasteiger partial charge is 0.389 e. The summed E-state index contributed by atoms with van der Waals surface area (Å²) in [7, 11) is 0. The second-order valence-corrected chi connectivity index (χ2v) is 6.97. The summed E-state index contributed by atoms with van der Waals surface area (Å²) in [6.45, 7) is 6.79. The van der Waals surface area contributed by atoms with Gasteiger partial charge >= 0.3 is 0 Å². The first-order valence-electron chi connectivity index (χ1n) is 8.98. The minimum absolute atomic E-state index is 0. The number of hydrogen-bond donors (Lipinski definition) is 3. The first-order chi connectivity index (χ1) is 10.7. The summed E-state index contributed by atoms with van der Waals surface area (Å²) in [6, 6.07) is 0.504. The van der Waals surface area contributed by atoms with E-state index in [1.807, 2.05) is 0 Å². The number of aliphatic hydroxyl groups is 1. The molecule has 0 amide bonds. The minimum atomic E-state index is -0.514. The van der Waals surface area contributed by atoms with Crippen molar-refractivity contribution in [2.75, 3.05) is 26.3 Å². The van der Waals surface area contributed by atoms with E-state index in [4.69, 9.17) is 4.74 Å². The van der Waals surface area contributed by atoms with Gasteiger partial charge in [0, 0.05) is 19.2 Å². The molecule has 0 spiro atoms. The third kappa shape index (κ3) is 9.10. The van der Waals surface area contributed by atoms with E-state index in [2.05, 4.69) is 29.5 Å². The zero-order valence-electron chi connectivity index (χ0n) is 14.6. The molecule has 2 saturated carbocycles. The average molecular weight is 439 g/mol. The predicted octanol–water partition coefficient (Wildman–Crippen LogP) is 2.53. The minimum Gasteiger partial charge on any atom is -0.389 e. The number of guanidine groups is 1. The Hall–Kier alpha value is -0.0800. The van der Waals surface area contributed by atoms with Crippen molar-refractivity contribution < 1.29 is 9.84 Å². The maximum Gasteiger partial charge on any atom is 0.191 e. The molecule has 5 nitrogen and oxygen atoms in total. The van der Waals surface area contributed by atoms with Gasteiger partial charge in [0.2, 0.25) is 0 Å². The number of nitrogens with zero attached hydrogens (tertiary/aromatic N) is 1. The zero-order valence-corrected chi connectivity index (χ0v) is 16.9. The zero-order chi connectivity index (χ0) is 15.8. The Labute approximate surface area is 158 Å². The second-order valence-electron chi connectivity index (χ2n) is 6.97. The Balaban J connectivity index is 0.00000264. The SMILES string of the molecule is CCNC(=NCC(O)COCC1CC1)NC1CCCC(C)C1.I. The van der Waals surface area contributed by atoms with Crippen LogP contribution in [0.25, 0.3) is 0 Å². The van der Waals surface area contributed by atoms with Crippen LogP contribution in [-0.2, 0) is 4.74 Å². The molecule has 23 heavy (non-hydrogen) atoms. The van der Waals surface area contributed by atoms with Crippen LogP contribution < -0.4 is 10.6 Å². The van der Waals surface area contributed by atoms with E-state index in [0.717, 1.165) is 30.9 Å². The molecule has 3 unspecified atom stereocenters. The summed E-state index contributed by atoms with van der Waals surface area (Å²) < 4.78 is 5.52. The third-order valence-corrected chi connectivity index (χ3v) is 4.44. The van der Waals surface area contributed by atoms with E-state index in [1.54, 1.807) is 0 Å². The molecular weight excluding hydrogens is 405 g/mol. The molecule has 0 aromatic carbocycles. The predicted molar refractivity (Wildman–Crippen MR) is 105 cm³/mol. The van der Waals surface area contributed by atoms with Gasteiger partial charge in [-0.1, -0.05) is 19.8 Å². The van der Waals surface area contributed by atoms with Crippen molar-refractivity contribution in [3.8, 4) is 0 Å². The van der Waals surface area contributed by atoms with Crippen molar-refractivity contribution in [3.63, 3.8) is 0 Å². The molecule has 0 heterocycles. The Morgan fingerprint density at radius 1 is 1.30 bits per heavy atom. The van der Waals surface area contributed by atoms with Gasteiger partial charge in [0.05, 0.1) is 19.3 Å². The number of halogens is 1. The average Bonchev–Trinajstić information content (AvgIpc) is 3.29. The lowest BCUT2D eigenvalue weighted by atomic mass is 9.87. The molecule has 0 aliphatic heterocycles. The lowest BCUT2D eigenvalue weighted by molar-refractivity contribution is 0.0368. The van der Waals surface area contributed by atoms with Crippen molar-refractivity contribution in [1.82, 2.24) is 10.6 Å². The Kier molecular flexibility index (Phi) is 10.5. The van der Waals surface area contributed by atoms with Crippen molar-refractivity contribution in [1.29, 1.82) is 0 Å². The second kappa shape index (κ2) is 11.5. The van der Waals surface area contributed by atoms with Gasteiger partial charge in [0.25, 0.3) is 0 Å². The van der Waals surface area contributed by atoms with E-state index in [-0.39, 0.29) is 24.0 Å². The van der Waals surface area contributed by atoms with Crippen LogP contribution in [0.15, 0.2) is 4.99 Å². The molecule has 2 aliphatic carbocycles. The van der Waals surface area contributed by atoms with Crippen LogP contribution in [0.2, 0.25) is 0 Å². The lowest BCUT2D eigenvalue weighted by Gasteiger charge is -2.29. The summed E-state index contributed by atoms with van der Waals surface area (Å²) >= 11 is 0. The van der Waals surface area contributed by atoms with Crippen molar-refractivity contribution in [2.24, 2.45) is 16.8 Å². The highest BCUT2D eigenvalue weighted by atomic mass is 127. The van der Waals surface area contributed by atoms with Gasteiger partial charge in [-0.15, -0.1) is 24.0 Å². The highest BCUT2D eigenvalue weighted by Crippen LogP contribution is 2.28. The molecule has 3 atom stereocenters. The number of ether oxygens (including phenoxy) is 1. The summed E-state index contributed by atoms with van der Waals surface area (Å²) in [5.74, 6) is 2.35. The maximum atomic E-state index is 9.96. The fourth-order valence-electron chi connectivity index (χ4n) is 2.98. The van der Waals surface area contributed by atoms with Gasteiger partial charge < -0.3 is 20.5 Å². The fraction of sp³-hybridized carbons (Fsp3) is 0.941. The van der Waals surface area contributed by atoms with Crippen LogP contribution in [0.3, 0.4) is 0 Å². The lowest BCUT2D eigenvalue weighted by Crippen LogP contribution is -2.45. The number of aliphatic hydroxyl groups excluding tert-OH is 1. The van der Waals surface area contributed by atoms with E-state index in [9.17, 15) is 5.11 Å². The quantitative estimate of drug-likeness (QED) is 0.309. The maximum absolute atomic E-state index is 9.96. The molecule has 0 aromatic rings. The van der Waals surface area contributed by atoms with Gasteiger partial charge in [-0.25, -0.2) is 0 Å². The number of rotatable bonds is 8. The smallest absolute Gasteiger partial charge is 0.191 e. The summed E-state index contributed by atoms with van der Waals surface area (Å²) in [4.78, 5) is 4.51. The summed E-state index contributed by atoms with van der Waals surface area (Å²) in [5.41, 5.74) is 0. The number of nitrogens with one attached hydrogen (secondary N) is 2. The molecule has 136 valence electrons. The standard InChI is InChI=1S/C17H33N3O2.HI/c1-3-18-17(20-15-6-4-5-13(2)9-15)19-10-16(21)12-22-11-14-7-8-14;/h13-16,21H,3-12H2,1-2H3,(H2,18,19,20);1H. The molecule has 2 fully saturated rings. The van der Waals surface area contributed by atoms with Crippen LogP contribution in [-0.4, -0.2) is 49.5 Å². The topological polar surface area (TPSA) is 65.9 Å². The van der Waals surface area contributed by atoms with Crippen LogP contribution in [0, 0.1) is 11.8 Å². The fourth-order valence-corrected chi connectivity index (χ4v) is 2.98. The number of aliphatic imine (C=N–C) groups is 1. The molecule has 0 aromatic heterocycles. The Bertz CT molecular complexity index is 351. The molecule has 3 N–H and O–H groups in total. The van der Waals surface area contributed by atoms with Crippen LogP contribution in [0.4, 0.5) is 0 Å². The van der Waals surface area contributed by atoms with E-state index in [0.29, 0.717) is 19.2 Å². The third-order valence-electron chi connectivity index (χ3n) is 4.44. The molecule has 2 aliphatic rings. The van der Waals surface area contributed by atoms with Crippen molar-refractivity contribution in [2.45, 2.75) is 64.5 Å². The van der Waals surface area contributed by atoms with E-state index < -0.39 is 6.10 Å². The first-order valence-corrected chi connectivity index (χ1v) is 8.98. The highest BCUT2D eigenvalue weighted by Gasteiger charge is 2.22. The Morgan fingerprint density at radius 3 is 2.74 bits per heavy atom. The summed E-state index contributed by atoms with van der Waals surface area (Å²) in [6.07, 6.45) is 7.09. The van der Waals surface area contributed by atoms with Crippen LogP contribution in [0.5, 0.6) is 0 Å². The van der Waals surface area contributed by atoms with Gasteiger partial charge in [-0.05, 0) is 44.4 Å². The number of hydrogen-bond acceptors (Lipinski definition) is 3. The molecule has 0 saturated heterocycles. The first kappa shape index (κ1) is 21.0. The van der Waals surface area contributed by atoms with Crippen LogP contribution in [0.1, 0.15) is 52.4 Å². The highest BCUT2D eigenvalue weighted by molar-refractivity contribution is 14.0. The molecule has 2 rings (SSSR count). The molecule has 0 bridgehead atoms. The van der Waals surface area contributed by atoms with Crippen molar-refractivity contribution >= 4 is 29.9 Å². The van der Waals surface area contributed by atoms with E-state index in [1.165, 1.54) is 38.5 Å². The van der Waals surface area contributed by atoms with Gasteiger partial charge in [-0.2, -0.15) is 0 Å². The van der Waals surface area contributed by atoms with Gasteiger partial charge in [0.1, 0.15) is 0 Å². The molecule has 0 radical (unpaired) electrons. The van der Waals surface area contributed by atoms with Crippen LogP contribution >= 0.6 is 24.0 Å². The molecular formula is C17H34IN3O2. The molecule has 6 heteroatoms. The van der Waals surface area contributed by atoms with Crippen molar-refractivity contribution in [3.05, 3.63) is 0 Å². The van der Waals surface area contributed by atoms with Gasteiger partial charge in [-0.3, -0.25) is 4.99 Å². The monoisotopic (exact) mass is 439 g/mol. The van der Waals surface area contributed by atoms with E-state index >= 15 is 0 Å². The summed E-state index contributed by atoms with van der Waals surface area (Å²) in [5, 5.41) is 16.7.